The van der Waals surface area contributed by atoms with Gasteiger partial charge in [-0.2, -0.15) is 4.57 Å². The molecule has 2 heterocycles. The second-order valence-corrected chi connectivity index (χ2v) is 14.3. The van der Waals surface area contributed by atoms with Gasteiger partial charge in [0, 0.05) is 29.3 Å². The standard InChI is InChI=1S/C33H38N2O4S3/c1-4-34-27-12-6-8-14-29(27)40-31(34)18-16-25-22-24(3)23-26(33(25)39-20-10-11-21-42(36,37)38)17-19-32-35(5-2)28-13-7-9-15-30(28)41-32/h6-9,12-19,24H,4-5,10-11,20-23H2,1-3H3. The SMILES string of the molecule is CCN1/C(=C/C=C2\CC(C)CC(/C=C/c3sc4ccccc4[n+]3CC)=C2OCCCCS(=O)(=O)[O-])Sc2ccccc21. The number of aromatic nitrogens is 1. The first-order valence-corrected chi connectivity index (χ1v) is 17.8. The first kappa shape index (κ1) is 30.6. The summed E-state index contributed by atoms with van der Waals surface area (Å²) in [6, 6.07) is 17.0. The summed E-state index contributed by atoms with van der Waals surface area (Å²) in [6.07, 6.45) is 11.4. The van der Waals surface area contributed by atoms with E-state index in [-0.39, 0.29) is 5.75 Å². The van der Waals surface area contributed by atoms with Crippen LogP contribution in [0, 0.1) is 5.92 Å². The van der Waals surface area contributed by atoms with E-state index in [9.17, 15) is 13.0 Å². The number of para-hydroxylation sites is 2. The monoisotopic (exact) mass is 622 g/mol. The highest BCUT2D eigenvalue weighted by Crippen LogP contribution is 2.46. The smallest absolute Gasteiger partial charge is 0.262 e. The molecule has 1 aliphatic carbocycles. The Hall–Kier alpha value is -2.85. The van der Waals surface area contributed by atoms with Gasteiger partial charge in [-0.15, -0.1) is 0 Å². The highest BCUT2D eigenvalue weighted by atomic mass is 32.2. The minimum atomic E-state index is -4.22. The topological polar surface area (TPSA) is 73.5 Å². The van der Waals surface area contributed by atoms with E-state index in [4.69, 9.17) is 4.74 Å². The molecule has 222 valence electrons. The Balaban J connectivity index is 1.47. The van der Waals surface area contributed by atoms with Gasteiger partial charge in [0.2, 0.25) is 5.52 Å². The second-order valence-electron chi connectivity index (χ2n) is 10.7. The zero-order chi connectivity index (χ0) is 29.7. The number of rotatable bonds is 11. The number of anilines is 1. The van der Waals surface area contributed by atoms with Crippen molar-refractivity contribution in [3.05, 3.63) is 93.7 Å². The second kappa shape index (κ2) is 13.6. The normalized spacial score (nSPS) is 19.5. The number of hydrogen-bond donors (Lipinski definition) is 0. The van der Waals surface area contributed by atoms with Crippen LogP contribution in [0.2, 0.25) is 0 Å². The third-order valence-electron chi connectivity index (χ3n) is 7.51. The molecule has 5 rings (SSSR count). The number of thiazole rings is 1. The fourth-order valence-electron chi connectivity index (χ4n) is 5.59. The summed E-state index contributed by atoms with van der Waals surface area (Å²) in [5.41, 5.74) is 4.76. The Morgan fingerprint density at radius 1 is 1.05 bits per heavy atom. The molecule has 1 aromatic heterocycles. The molecule has 1 atom stereocenters. The molecule has 0 saturated carbocycles. The van der Waals surface area contributed by atoms with Crippen molar-refractivity contribution in [2.45, 2.75) is 57.9 Å². The van der Waals surface area contributed by atoms with Crippen molar-refractivity contribution < 1.29 is 22.3 Å². The van der Waals surface area contributed by atoms with Gasteiger partial charge in [-0.25, -0.2) is 8.42 Å². The Morgan fingerprint density at radius 3 is 2.62 bits per heavy atom. The summed E-state index contributed by atoms with van der Waals surface area (Å²) in [7, 11) is -4.22. The first-order valence-electron chi connectivity index (χ1n) is 14.6. The van der Waals surface area contributed by atoms with Gasteiger partial charge in [0.05, 0.1) is 27.4 Å². The van der Waals surface area contributed by atoms with Gasteiger partial charge in [0.1, 0.15) is 17.0 Å². The Kier molecular flexibility index (Phi) is 9.93. The maximum atomic E-state index is 11.1. The van der Waals surface area contributed by atoms with E-state index in [1.54, 1.807) is 23.1 Å². The van der Waals surface area contributed by atoms with Crippen molar-refractivity contribution in [3.63, 3.8) is 0 Å². The number of ether oxygens (including phenoxy) is 1. The predicted octanol–water partition coefficient (Wildman–Crippen LogP) is 7.65. The Morgan fingerprint density at radius 2 is 1.83 bits per heavy atom. The van der Waals surface area contributed by atoms with Crippen molar-refractivity contribution in [2.75, 3.05) is 23.8 Å². The van der Waals surface area contributed by atoms with Crippen molar-refractivity contribution in [1.29, 1.82) is 0 Å². The van der Waals surface area contributed by atoms with Crippen LogP contribution in [0.5, 0.6) is 0 Å². The largest absolute Gasteiger partial charge is 0.748 e. The van der Waals surface area contributed by atoms with Gasteiger partial charge in [-0.1, -0.05) is 60.4 Å². The van der Waals surface area contributed by atoms with Crippen LogP contribution in [-0.4, -0.2) is 31.9 Å². The average Bonchev–Trinajstić information content (AvgIpc) is 3.51. The van der Waals surface area contributed by atoms with Gasteiger partial charge in [-0.05, 0) is 86.9 Å². The molecule has 0 bridgehead atoms. The molecule has 6 nitrogen and oxygen atoms in total. The Labute approximate surface area is 257 Å². The van der Waals surface area contributed by atoms with Gasteiger partial charge in [0.25, 0.3) is 5.01 Å². The van der Waals surface area contributed by atoms with E-state index in [0.29, 0.717) is 25.4 Å². The average molecular weight is 623 g/mol. The van der Waals surface area contributed by atoms with E-state index < -0.39 is 10.1 Å². The van der Waals surface area contributed by atoms with Crippen LogP contribution in [-0.2, 0) is 21.4 Å². The summed E-state index contributed by atoms with van der Waals surface area (Å²) < 4.78 is 43.3. The zero-order valence-corrected chi connectivity index (χ0v) is 26.9. The van der Waals surface area contributed by atoms with Crippen molar-refractivity contribution in [1.82, 2.24) is 0 Å². The number of allylic oxidation sites excluding steroid dienone is 5. The molecule has 0 fully saturated rings. The van der Waals surface area contributed by atoms with E-state index in [1.165, 1.54) is 30.8 Å². The molecule has 1 aliphatic heterocycles. The van der Waals surface area contributed by atoms with E-state index in [1.807, 2.05) is 0 Å². The third kappa shape index (κ3) is 7.19. The number of fused-ring (bicyclic) bond motifs is 2. The molecule has 0 saturated heterocycles. The lowest BCUT2D eigenvalue weighted by molar-refractivity contribution is -0.665. The molecule has 0 spiro atoms. The fourth-order valence-corrected chi connectivity index (χ4v) is 8.41. The summed E-state index contributed by atoms with van der Waals surface area (Å²) in [5.74, 6) is 0.962. The van der Waals surface area contributed by atoms with Gasteiger partial charge < -0.3 is 14.2 Å². The highest BCUT2D eigenvalue weighted by Gasteiger charge is 2.25. The van der Waals surface area contributed by atoms with Crippen LogP contribution in [0.25, 0.3) is 16.3 Å². The van der Waals surface area contributed by atoms with E-state index in [0.717, 1.165) is 42.8 Å². The number of nitrogens with zero attached hydrogens (tertiary/aromatic N) is 2. The lowest BCUT2D eigenvalue weighted by atomic mass is 9.85. The lowest BCUT2D eigenvalue weighted by Crippen LogP contribution is -2.33. The minimum Gasteiger partial charge on any atom is -0.748 e. The molecule has 3 aromatic rings. The third-order valence-corrected chi connectivity index (χ3v) is 10.6. The van der Waals surface area contributed by atoms with Gasteiger partial charge >= 0.3 is 0 Å². The molecule has 42 heavy (non-hydrogen) atoms. The van der Waals surface area contributed by atoms with Crippen LogP contribution >= 0.6 is 23.1 Å². The molecule has 0 amide bonds. The number of hydrogen-bond acceptors (Lipinski definition) is 7. The molecule has 9 heteroatoms. The van der Waals surface area contributed by atoms with Crippen molar-refractivity contribution in [3.8, 4) is 0 Å². The fraction of sp³-hybridized carbons (Fsp3) is 0.364. The molecular formula is C33H38N2O4S3. The zero-order valence-electron chi connectivity index (χ0n) is 24.4. The Bertz CT molecular complexity index is 1670. The van der Waals surface area contributed by atoms with E-state index in [2.05, 4.69) is 103 Å². The number of benzene rings is 2. The number of thioether (sulfide) groups is 1. The molecule has 2 aliphatic rings. The summed E-state index contributed by atoms with van der Waals surface area (Å²) in [5, 5.41) is 2.38. The minimum absolute atomic E-state index is 0.294. The number of aryl methyl sites for hydroxylation is 1. The molecule has 0 radical (unpaired) electrons. The van der Waals surface area contributed by atoms with E-state index >= 15 is 0 Å². The maximum absolute atomic E-state index is 11.1. The molecule has 1 unspecified atom stereocenters. The lowest BCUT2D eigenvalue weighted by Gasteiger charge is -2.26. The number of unbranched alkanes of at least 4 members (excludes halogenated alkanes) is 1. The van der Waals surface area contributed by atoms with Crippen LogP contribution in [0.3, 0.4) is 0 Å². The first-order chi connectivity index (χ1) is 20.3. The van der Waals surface area contributed by atoms with Gasteiger partial charge in [0.15, 0.2) is 0 Å². The summed E-state index contributed by atoms with van der Waals surface area (Å²) in [6.45, 7) is 8.75. The van der Waals surface area contributed by atoms with Crippen LogP contribution in [0.15, 0.2) is 93.6 Å². The van der Waals surface area contributed by atoms with Gasteiger partial charge in [-0.3, -0.25) is 0 Å². The highest BCUT2D eigenvalue weighted by molar-refractivity contribution is 8.03. The summed E-state index contributed by atoms with van der Waals surface area (Å²) >= 11 is 3.57. The quantitative estimate of drug-likeness (QED) is 0.124. The van der Waals surface area contributed by atoms with Crippen molar-refractivity contribution in [2.24, 2.45) is 5.92 Å². The molecule has 2 aromatic carbocycles. The molecule has 0 N–H and O–H groups in total. The predicted molar refractivity (Wildman–Crippen MR) is 173 cm³/mol. The van der Waals surface area contributed by atoms with Crippen LogP contribution in [0.1, 0.15) is 51.5 Å². The summed E-state index contributed by atoms with van der Waals surface area (Å²) in [4.78, 5) is 3.60. The maximum Gasteiger partial charge on any atom is 0.262 e. The molecular weight excluding hydrogens is 585 g/mol. The van der Waals surface area contributed by atoms with Crippen LogP contribution < -0.4 is 9.47 Å². The van der Waals surface area contributed by atoms with Crippen LogP contribution in [0.4, 0.5) is 5.69 Å². The van der Waals surface area contributed by atoms with Crippen molar-refractivity contribution >= 4 is 55.2 Å².